The fraction of sp³-hybridized carbons (Fsp3) is 0.333. The summed E-state index contributed by atoms with van der Waals surface area (Å²) in [6, 6.07) is 14.9. The van der Waals surface area contributed by atoms with E-state index >= 15 is 0 Å². The van der Waals surface area contributed by atoms with Crippen LogP contribution >= 0.6 is 0 Å². The highest BCUT2D eigenvalue weighted by molar-refractivity contribution is 5.95. The molecule has 0 fully saturated rings. The van der Waals surface area contributed by atoms with Crippen molar-refractivity contribution >= 4 is 17.6 Å². The number of esters is 1. The van der Waals surface area contributed by atoms with Crippen molar-refractivity contribution in [3.05, 3.63) is 65.2 Å². The van der Waals surface area contributed by atoms with Gasteiger partial charge in [-0.2, -0.15) is 0 Å². The van der Waals surface area contributed by atoms with Crippen LogP contribution in [0.2, 0.25) is 0 Å². The minimum Gasteiger partial charge on any atom is -0.452 e. The van der Waals surface area contributed by atoms with Crippen LogP contribution in [-0.2, 0) is 21.4 Å². The molecule has 4 nitrogen and oxygen atoms in total. The van der Waals surface area contributed by atoms with Gasteiger partial charge in [-0.05, 0) is 47.2 Å². The quantitative estimate of drug-likeness (QED) is 0.824. The first-order valence-electron chi connectivity index (χ1n) is 8.46. The molecule has 0 bridgehead atoms. The zero-order chi connectivity index (χ0) is 18.4. The van der Waals surface area contributed by atoms with Crippen molar-refractivity contribution in [1.29, 1.82) is 0 Å². The van der Waals surface area contributed by atoms with Gasteiger partial charge < -0.3 is 10.1 Å². The highest BCUT2D eigenvalue weighted by Gasteiger charge is 2.14. The Kier molecular flexibility index (Phi) is 5.97. The number of hydrogen-bond donors (Lipinski definition) is 1. The lowest BCUT2D eigenvalue weighted by molar-refractivity contribution is -0.119. The van der Waals surface area contributed by atoms with Gasteiger partial charge >= 0.3 is 5.97 Å². The Balaban J connectivity index is 1.86. The lowest BCUT2D eigenvalue weighted by atomic mass is 9.87. The first-order valence-corrected chi connectivity index (χ1v) is 8.46. The average Bonchev–Trinajstić information content (AvgIpc) is 2.59. The van der Waals surface area contributed by atoms with Crippen LogP contribution in [0.3, 0.4) is 0 Å². The molecule has 0 saturated heterocycles. The van der Waals surface area contributed by atoms with Crippen LogP contribution in [0.1, 0.15) is 49.2 Å². The van der Waals surface area contributed by atoms with Gasteiger partial charge in [0, 0.05) is 5.69 Å². The van der Waals surface area contributed by atoms with Crippen LogP contribution in [0.4, 0.5) is 5.69 Å². The highest BCUT2D eigenvalue weighted by Crippen LogP contribution is 2.23. The fourth-order valence-corrected chi connectivity index (χ4v) is 2.34. The van der Waals surface area contributed by atoms with Crippen molar-refractivity contribution in [1.82, 2.24) is 0 Å². The van der Waals surface area contributed by atoms with Gasteiger partial charge in [0.05, 0.1) is 5.56 Å². The summed E-state index contributed by atoms with van der Waals surface area (Å²) in [6.07, 6.45) is 0.908. The first-order chi connectivity index (χ1) is 11.8. The molecular formula is C21H25NO3. The molecule has 4 heteroatoms. The molecule has 0 atom stereocenters. The van der Waals surface area contributed by atoms with Crippen molar-refractivity contribution in [3.63, 3.8) is 0 Å². The zero-order valence-corrected chi connectivity index (χ0v) is 15.3. The third-order valence-corrected chi connectivity index (χ3v) is 3.97. The summed E-state index contributed by atoms with van der Waals surface area (Å²) in [5, 5.41) is 2.73. The van der Waals surface area contributed by atoms with Crippen LogP contribution in [-0.4, -0.2) is 18.5 Å². The van der Waals surface area contributed by atoms with Gasteiger partial charge in [0.25, 0.3) is 5.91 Å². The Morgan fingerprint density at radius 3 is 2.08 bits per heavy atom. The number of rotatable bonds is 5. The number of hydrogen-bond acceptors (Lipinski definition) is 3. The van der Waals surface area contributed by atoms with Gasteiger partial charge in [-0.3, -0.25) is 4.79 Å². The van der Waals surface area contributed by atoms with E-state index in [4.69, 9.17) is 4.74 Å². The van der Waals surface area contributed by atoms with E-state index in [-0.39, 0.29) is 17.9 Å². The number of amides is 1. The van der Waals surface area contributed by atoms with Crippen molar-refractivity contribution in [2.24, 2.45) is 0 Å². The van der Waals surface area contributed by atoms with E-state index in [0.717, 1.165) is 12.0 Å². The highest BCUT2D eigenvalue weighted by atomic mass is 16.5. The third-order valence-electron chi connectivity index (χ3n) is 3.97. The van der Waals surface area contributed by atoms with Gasteiger partial charge in [0.15, 0.2) is 6.61 Å². The summed E-state index contributed by atoms with van der Waals surface area (Å²) in [5.41, 5.74) is 3.52. The predicted octanol–water partition coefficient (Wildman–Crippen LogP) is 4.34. The summed E-state index contributed by atoms with van der Waals surface area (Å²) in [6.45, 7) is 8.13. The van der Waals surface area contributed by atoms with Crippen LogP contribution in [0.25, 0.3) is 0 Å². The molecule has 0 radical (unpaired) electrons. The Labute approximate surface area is 149 Å². The summed E-state index contributed by atoms with van der Waals surface area (Å²) in [5.74, 6) is -0.858. The number of nitrogens with one attached hydrogen (secondary N) is 1. The van der Waals surface area contributed by atoms with Crippen molar-refractivity contribution < 1.29 is 14.3 Å². The molecule has 1 amide bonds. The molecule has 2 rings (SSSR count). The number of benzene rings is 2. The second-order valence-electron chi connectivity index (χ2n) is 7.00. The maximum absolute atomic E-state index is 12.0. The number of aryl methyl sites for hydroxylation is 1. The Morgan fingerprint density at radius 2 is 1.56 bits per heavy atom. The molecule has 1 N–H and O–H groups in total. The minimum absolute atomic E-state index is 0.0609. The molecule has 0 aliphatic rings. The van der Waals surface area contributed by atoms with E-state index in [1.54, 1.807) is 12.1 Å². The molecule has 25 heavy (non-hydrogen) atoms. The summed E-state index contributed by atoms with van der Waals surface area (Å²) < 4.78 is 5.06. The zero-order valence-electron chi connectivity index (χ0n) is 15.3. The predicted molar refractivity (Wildman–Crippen MR) is 99.9 cm³/mol. The standard InChI is InChI=1S/C21H25NO3/c1-5-15-6-8-16(9-7-15)20(24)25-14-19(23)22-18-12-10-17(11-13-18)21(2,3)4/h6-13H,5,14H2,1-4H3,(H,22,23). The second kappa shape index (κ2) is 7.97. The van der Waals surface area contributed by atoms with Gasteiger partial charge in [-0.25, -0.2) is 4.79 Å². The molecular weight excluding hydrogens is 314 g/mol. The summed E-state index contributed by atoms with van der Waals surface area (Å²) >= 11 is 0. The molecule has 0 aliphatic carbocycles. The molecule has 0 aliphatic heterocycles. The first kappa shape index (κ1) is 18.7. The summed E-state index contributed by atoms with van der Waals surface area (Å²) in [7, 11) is 0. The van der Waals surface area contributed by atoms with Gasteiger partial charge in [0.1, 0.15) is 0 Å². The van der Waals surface area contributed by atoms with Crippen molar-refractivity contribution in [2.45, 2.75) is 39.5 Å². The molecule has 0 heterocycles. The topological polar surface area (TPSA) is 55.4 Å². The molecule has 0 unspecified atom stereocenters. The maximum Gasteiger partial charge on any atom is 0.338 e. The lowest BCUT2D eigenvalue weighted by Crippen LogP contribution is -2.21. The maximum atomic E-state index is 12.0. The molecule has 132 valence electrons. The smallest absolute Gasteiger partial charge is 0.338 e. The number of anilines is 1. The van der Waals surface area contributed by atoms with E-state index in [0.29, 0.717) is 11.3 Å². The third kappa shape index (κ3) is 5.45. The molecule has 0 saturated carbocycles. The Morgan fingerprint density at radius 1 is 0.960 bits per heavy atom. The Bertz CT molecular complexity index is 725. The van der Waals surface area contributed by atoms with Crippen LogP contribution in [0.5, 0.6) is 0 Å². The minimum atomic E-state index is -0.499. The van der Waals surface area contributed by atoms with E-state index < -0.39 is 5.97 Å². The normalized spacial score (nSPS) is 11.0. The van der Waals surface area contributed by atoms with Crippen LogP contribution in [0, 0.1) is 0 Å². The number of ether oxygens (including phenoxy) is 1. The lowest BCUT2D eigenvalue weighted by Gasteiger charge is -2.19. The second-order valence-corrected chi connectivity index (χ2v) is 7.00. The van der Waals surface area contributed by atoms with Gasteiger partial charge in [-0.15, -0.1) is 0 Å². The van der Waals surface area contributed by atoms with Gasteiger partial charge in [-0.1, -0.05) is 52.0 Å². The molecule has 2 aromatic carbocycles. The summed E-state index contributed by atoms with van der Waals surface area (Å²) in [4.78, 5) is 23.9. The molecule has 2 aromatic rings. The largest absolute Gasteiger partial charge is 0.452 e. The number of carbonyl (C=O) groups excluding carboxylic acids is 2. The molecule has 0 aromatic heterocycles. The van der Waals surface area contributed by atoms with Crippen molar-refractivity contribution in [3.8, 4) is 0 Å². The van der Waals surface area contributed by atoms with Gasteiger partial charge in [0.2, 0.25) is 0 Å². The molecule has 0 spiro atoms. The van der Waals surface area contributed by atoms with Crippen molar-refractivity contribution in [2.75, 3.05) is 11.9 Å². The SMILES string of the molecule is CCc1ccc(C(=O)OCC(=O)Nc2ccc(C(C)(C)C)cc2)cc1. The van der Waals surface area contributed by atoms with Crippen LogP contribution in [0.15, 0.2) is 48.5 Å². The fourth-order valence-electron chi connectivity index (χ4n) is 2.34. The van der Waals surface area contributed by atoms with E-state index in [9.17, 15) is 9.59 Å². The van der Waals surface area contributed by atoms with Crippen LogP contribution < -0.4 is 5.32 Å². The Hall–Kier alpha value is -2.62. The monoisotopic (exact) mass is 339 g/mol. The average molecular weight is 339 g/mol. The van der Waals surface area contributed by atoms with E-state index in [1.165, 1.54) is 5.56 Å². The van der Waals surface area contributed by atoms with E-state index in [1.807, 2.05) is 43.3 Å². The van der Waals surface area contributed by atoms with E-state index in [2.05, 4.69) is 26.1 Å². The number of carbonyl (C=O) groups is 2.